The summed E-state index contributed by atoms with van der Waals surface area (Å²) in [6.07, 6.45) is 2.71. The van der Waals surface area contributed by atoms with Crippen molar-refractivity contribution in [2.24, 2.45) is 7.05 Å². The fourth-order valence-corrected chi connectivity index (χ4v) is 2.05. The van der Waals surface area contributed by atoms with Gasteiger partial charge in [0.1, 0.15) is 0 Å². The number of nitrogens with zero attached hydrogens (tertiary/aromatic N) is 2. The van der Waals surface area contributed by atoms with Gasteiger partial charge in [-0.2, -0.15) is 5.10 Å². The van der Waals surface area contributed by atoms with Crippen LogP contribution in [-0.4, -0.2) is 28.4 Å². The van der Waals surface area contributed by atoms with E-state index in [0.29, 0.717) is 6.04 Å². The van der Waals surface area contributed by atoms with Gasteiger partial charge < -0.3 is 10.6 Å². The summed E-state index contributed by atoms with van der Waals surface area (Å²) in [7, 11) is 2.00. The zero-order valence-electron chi connectivity index (χ0n) is 11.4. The van der Waals surface area contributed by atoms with Crippen LogP contribution in [0.3, 0.4) is 0 Å². The molecule has 1 atom stereocenters. The number of aryl methyl sites for hydroxylation is 2. The Balaban J connectivity index is 1.79. The number of rotatable bonds is 6. The van der Waals surface area contributed by atoms with Gasteiger partial charge in [-0.15, -0.1) is 0 Å². The van der Waals surface area contributed by atoms with E-state index in [0.717, 1.165) is 24.8 Å². The maximum atomic E-state index is 4.43. The fraction of sp³-hybridized carbons (Fsp3) is 0.769. The molecular formula is C13H24N4. The van der Waals surface area contributed by atoms with Crippen LogP contribution in [0.25, 0.3) is 0 Å². The third kappa shape index (κ3) is 3.30. The van der Waals surface area contributed by atoms with Gasteiger partial charge in [-0.3, -0.25) is 4.68 Å². The van der Waals surface area contributed by atoms with Crippen molar-refractivity contribution < 1.29 is 0 Å². The minimum atomic E-state index is 0.509. The molecule has 1 saturated carbocycles. The van der Waals surface area contributed by atoms with Crippen molar-refractivity contribution in [3.8, 4) is 0 Å². The molecule has 4 nitrogen and oxygen atoms in total. The first-order valence-electron chi connectivity index (χ1n) is 6.53. The normalized spacial score (nSPS) is 17.4. The molecule has 0 amide bonds. The standard InChI is InChI=1S/C13H24N4/c1-9(7-15-12-5-6-12)14-8-13-10(2)16-17(4)11(13)3/h9,12,14-15H,5-8H2,1-4H3. The number of hydrogen-bond acceptors (Lipinski definition) is 3. The first-order chi connectivity index (χ1) is 8.08. The summed E-state index contributed by atoms with van der Waals surface area (Å²) >= 11 is 0. The largest absolute Gasteiger partial charge is 0.312 e. The SMILES string of the molecule is Cc1nn(C)c(C)c1CNC(C)CNC1CC1. The first-order valence-corrected chi connectivity index (χ1v) is 6.53. The summed E-state index contributed by atoms with van der Waals surface area (Å²) in [4.78, 5) is 0. The Kier molecular flexibility index (Phi) is 3.84. The average molecular weight is 236 g/mol. The van der Waals surface area contributed by atoms with Crippen LogP contribution in [0.5, 0.6) is 0 Å². The second kappa shape index (κ2) is 5.19. The lowest BCUT2D eigenvalue weighted by atomic mass is 10.2. The Morgan fingerprint density at radius 3 is 2.65 bits per heavy atom. The Morgan fingerprint density at radius 2 is 2.12 bits per heavy atom. The van der Waals surface area contributed by atoms with E-state index in [1.165, 1.54) is 24.1 Å². The van der Waals surface area contributed by atoms with Crippen molar-refractivity contribution in [1.82, 2.24) is 20.4 Å². The highest BCUT2D eigenvalue weighted by atomic mass is 15.3. The quantitative estimate of drug-likeness (QED) is 0.781. The lowest BCUT2D eigenvalue weighted by Crippen LogP contribution is -2.36. The molecule has 0 radical (unpaired) electrons. The van der Waals surface area contributed by atoms with Crippen LogP contribution < -0.4 is 10.6 Å². The summed E-state index contributed by atoms with van der Waals surface area (Å²) in [5, 5.41) is 11.5. The van der Waals surface area contributed by atoms with Gasteiger partial charge in [0, 0.05) is 43.5 Å². The van der Waals surface area contributed by atoms with Crippen molar-refractivity contribution in [3.05, 3.63) is 17.0 Å². The second-order valence-corrected chi connectivity index (χ2v) is 5.24. The maximum Gasteiger partial charge on any atom is 0.0641 e. The summed E-state index contributed by atoms with van der Waals surface area (Å²) in [5.41, 5.74) is 3.74. The molecule has 1 aromatic rings. The Labute approximate surface area is 104 Å². The lowest BCUT2D eigenvalue weighted by molar-refractivity contribution is 0.498. The minimum Gasteiger partial charge on any atom is -0.312 e. The summed E-state index contributed by atoms with van der Waals surface area (Å²) in [6, 6.07) is 1.30. The number of hydrogen-bond donors (Lipinski definition) is 2. The molecule has 1 heterocycles. The van der Waals surface area contributed by atoms with Gasteiger partial charge in [-0.05, 0) is 33.6 Å². The lowest BCUT2D eigenvalue weighted by Gasteiger charge is -2.14. The first kappa shape index (κ1) is 12.6. The van der Waals surface area contributed by atoms with Gasteiger partial charge in [0.15, 0.2) is 0 Å². The molecule has 0 aromatic carbocycles. The van der Waals surface area contributed by atoms with Gasteiger partial charge in [0.2, 0.25) is 0 Å². The van der Waals surface area contributed by atoms with Crippen LogP contribution in [0, 0.1) is 13.8 Å². The van der Waals surface area contributed by atoms with E-state index in [1.807, 2.05) is 11.7 Å². The van der Waals surface area contributed by atoms with Gasteiger partial charge in [-0.1, -0.05) is 0 Å². The molecule has 17 heavy (non-hydrogen) atoms. The number of nitrogens with one attached hydrogen (secondary N) is 2. The minimum absolute atomic E-state index is 0.509. The van der Waals surface area contributed by atoms with Crippen molar-refractivity contribution >= 4 is 0 Å². The molecule has 2 rings (SSSR count). The molecule has 1 aliphatic rings. The van der Waals surface area contributed by atoms with Crippen molar-refractivity contribution in [3.63, 3.8) is 0 Å². The van der Waals surface area contributed by atoms with Gasteiger partial charge in [-0.25, -0.2) is 0 Å². The average Bonchev–Trinajstić information content (AvgIpc) is 3.06. The van der Waals surface area contributed by atoms with E-state index in [2.05, 4.69) is 36.5 Å². The van der Waals surface area contributed by atoms with Crippen molar-refractivity contribution in [1.29, 1.82) is 0 Å². The zero-order valence-corrected chi connectivity index (χ0v) is 11.4. The Bertz CT molecular complexity index is 379. The van der Waals surface area contributed by atoms with Crippen LogP contribution in [0.15, 0.2) is 0 Å². The maximum absolute atomic E-state index is 4.43. The predicted molar refractivity (Wildman–Crippen MR) is 70.0 cm³/mol. The van der Waals surface area contributed by atoms with E-state index in [-0.39, 0.29) is 0 Å². The molecule has 96 valence electrons. The summed E-state index contributed by atoms with van der Waals surface area (Å²) in [6.45, 7) is 8.42. The second-order valence-electron chi connectivity index (χ2n) is 5.24. The van der Waals surface area contributed by atoms with Crippen molar-refractivity contribution in [2.75, 3.05) is 6.54 Å². The zero-order chi connectivity index (χ0) is 12.4. The van der Waals surface area contributed by atoms with Gasteiger partial charge in [0.25, 0.3) is 0 Å². The number of aromatic nitrogens is 2. The summed E-state index contributed by atoms with van der Waals surface area (Å²) in [5.74, 6) is 0. The van der Waals surface area contributed by atoms with Gasteiger partial charge in [0.05, 0.1) is 5.69 Å². The smallest absolute Gasteiger partial charge is 0.0641 e. The molecule has 1 fully saturated rings. The molecular weight excluding hydrogens is 212 g/mol. The molecule has 2 N–H and O–H groups in total. The molecule has 1 aliphatic carbocycles. The Morgan fingerprint density at radius 1 is 1.41 bits per heavy atom. The van der Waals surface area contributed by atoms with E-state index in [1.54, 1.807) is 0 Å². The highest BCUT2D eigenvalue weighted by Gasteiger charge is 2.20. The van der Waals surface area contributed by atoms with Crippen LogP contribution in [-0.2, 0) is 13.6 Å². The van der Waals surface area contributed by atoms with Crippen molar-refractivity contribution in [2.45, 2.75) is 52.2 Å². The fourth-order valence-electron chi connectivity index (χ4n) is 2.05. The van der Waals surface area contributed by atoms with Crippen LogP contribution in [0.2, 0.25) is 0 Å². The monoisotopic (exact) mass is 236 g/mol. The molecule has 4 heteroatoms. The molecule has 0 saturated heterocycles. The summed E-state index contributed by atoms with van der Waals surface area (Å²) < 4.78 is 1.96. The third-order valence-electron chi connectivity index (χ3n) is 3.58. The molecule has 0 aliphatic heterocycles. The Hall–Kier alpha value is -0.870. The van der Waals surface area contributed by atoms with Crippen LogP contribution in [0.4, 0.5) is 0 Å². The van der Waals surface area contributed by atoms with E-state index >= 15 is 0 Å². The molecule has 0 spiro atoms. The van der Waals surface area contributed by atoms with Crippen LogP contribution in [0.1, 0.15) is 36.7 Å². The van der Waals surface area contributed by atoms with Gasteiger partial charge >= 0.3 is 0 Å². The molecule has 1 unspecified atom stereocenters. The molecule has 1 aromatic heterocycles. The highest BCUT2D eigenvalue weighted by molar-refractivity contribution is 5.24. The third-order valence-corrected chi connectivity index (χ3v) is 3.58. The highest BCUT2D eigenvalue weighted by Crippen LogP contribution is 2.18. The van der Waals surface area contributed by atoms with Crippen LogP contribution >= 0.6 is 0 Å². The van der Waals surface area contributed by atoms with E-state index in [4.69, 9.17) is 0 Å². The predicted octanol–water partition coefficient (Wildman–Crippen LogP) is 1.27. The van der Waals surface area contributed by atoms with E-state index in [9.17, 15) is 0 Å². The molecule has 0 bridgehead atoms. The van der Waals surface area contributed by atoms with E-state index < -0.39 is 0 Å². The topological polar surface area (TPSA) is 41.9 Å².